The van der Waals surface area contributed by atoms with Crippen molar-refractivity contribution in [1.82, 2.24) is 0 Å². The molecule has 176 valence electrons. The van der Waals surface area contributed by atoms with E-state index in [1.807, 2.05) is 11.4 Å². The third-order valence-electron chi connectivity index (χ3n) is 6.03. The van der Waals surface area contributed by atoms with Gasteiger partial charge in [0, 0.05) is 5.75 Å². The van der Waals surface area contributed by atoms with Gasteiger partial charge in [-0.25, -0.2) is 0 Å². The van der Waals surface area contributed by atoms with E-state index in [1.165, 1.54) is 77.0 Å². The summed E-state index contributed by atoms with van der Waals surface area (Å²) in [7, 11) is 0. The summed E-state index contributed by atoms with van der Waals surface area (Å²) in [6, 6.07) is 0. The molecule has 0 aliphatic rings. The Morgan fingerprint density at radius 1 is 0.655 bits per heavy atom. The summed E-state index contributed by atoms with van der Waals surface area (Å²) in [5, 5.41) is 0. The van der Waals surface area contributed by atoms with Gasteiger partial charge in [0.15, 0.2) is 0 Å². The van der Waals surface area contributed by atoms with Crippen molar-refractivity contribution >= 4 is 28.9 Å². The second-order valence-electron chi connectivity index (χ2n) is 8.58. The standard InChI is InChI=1S/C24H51O2PS2/c1-7-13-16-22(10-4)19-25-27(28,26-20-23(11-5)17-14-8-2)29-21-24(12-6)18-15-9-3/h22-24H,7-21H2,1-6H3. The Kier molecular flexibility index (Phi) is 20.2. The molecule has 0 amide bonds. The molecule has 2 nitrogen and oxygen atoms in total. The molecule has 3 atom stereocenters. The summed E-state index contributed by atoms with van der Waals surface area (Å²) in [6.45, 7) is 15.2. The second-order valence-corrected chi connectivity index (χ2v) is 14.9. The molecule has 0 heterocycles. The SMILES string of the molecule is CCCCC(CC)COP(=S)(OCC(CC)CCCC)SCC(CC)CCCC. The van der Waals surface area contributed by atoms with Crippen LogP contribution in [0, 0.1) is 17.8 Å². The zero-order valence-electron chi connectivity index (χ0n) is 20.4. The van der Waals surface area contributed by atoms with Gasteiger partial charge in [-0.3, -0.25) is 0 Å². The van der Waals surface area contributed by atoms with Crippen molar-refractivity contribution < 1.29 is 9.05 Å². The first kappa shape index (κ1) is 29.9. The van der Waals surface area contributed by atoms with Crippen molar-refractivity contribution in [3.05, 3.63) is 0 Å². The summed E-state index contributed by atoms with van der Waals surface area (Å²) in [4.78, 5) is 0. The average Bonchev–Trinajstić information content (AvgIpc) is 2.74. The maximum atomic E-state index is 6.45. The molecule has 0 rings (SSSR count). The van der Waals surface area contributed by atoms with Crippen molar-refractivity contribution in [2.75, 3.05) is 19.0 Å². The lowest BCUT2D eigenvalue weighted by atomic mass is 10.0. The van der Waals surface area contributed by atoms with Gasteiger partial charge in [0.1, 0.15) is 0 Å². The quantitative estimate of drug-likeness (QED) is 0.157. The smallest absolute Gasteiger partial charge is 0.247 e. The van der Waals surface area contributed by atoms with E-state index in [-0.39, 0.29) is 0 Å². The Labute approximate surface area is 193 Å². The van der Waals surface area contributed by atoms with Crippen LogP contribution in [0.1, 0.15) is 119 Å². The zero-order valence-corrected chi connectivity index (χ0v) is 22.9. The summed E-state index contributed by atoms with van der Waals surface area (Å²) in [5.41, 5.74) is -2.27. The highest BCUT2D eigenvalue weighted by molar-refractivity contribution is 8.67. The molecule has 0 fully saturated rings. The molecule has 29 heavy (non-hydrogen) atoms. The number of hydrogen-bond donors (Lipinski definition) is 0. The molecule has 0 radical (unpaired) electrons. The van der Waals surface area contributed by atoms with Gasteiger partial charge in [-0.1, -0.05) is 111 Å². The van der Waals surface area contributed by atoms with E-state index in [0.717, 1.165) is 24.9 Å². The first-order valence-corrected chi connectivity index (χ1v) is 16.7. The van der Waals surface area contributed by atoms with Gasteiger partial charge in [0.05, 0.1) is 13.2 Å². The van der Waals surface area contributed by atoms with Crippen molar-refractivity contribution in [1.29, 1.82) is 0 Å². The van der Waals surface area contributed by atoms with E-state index in [0.29, 0.717) is 11.8 Å². The molecule has 0 bridgehead atoms. The highest BCUT2D eigenvalue weighted by atomic mass is 32.9. The van der Waals surface area contributed by atoms with E-state index in [1.54, 1.807) is 0 Å². The van der Waals surface area contributed by atoms with Gasteiger partial charge in [0.25, 0.3) is 0 Å². The second kappa shape index (κ2) is 19.6. The Bertz CT molecular complexity index is 349. The van der Waals surface area contributed by atoms with Crippen molar-refractivity contribution in [3.63, 3.8) is 0 Å². The Hall–Kier alpha value is 0.920. The van der Waals surface area contributed by atoms with Crippen LogP contribution in [0.25, 0.3) is 0 Å². The lowest BCUT2D eigenvalue weighted by molar-refractivity contribution is 0.188. The van der Waals surface area contributed by atoms with E-state index >= 15 is 0 Å². The average molecular weight is 467 g/mol. The normalized spacial score (nSPS) is 17.0. The van der Waals surface area contributed by atoms with Crippen LogP contribution in [0.2, 0.25) is 0 Å². The first-order valence-electron chi connectivity index (χ1n) is 12.5. The lowest BCUT2D eigenvalue weighted by Gasteiger charge is -2.27. The van der Waals surface area contributed by atoms with Crippen LogP contribution in [-0.4, -0.2) is 19.0 Å². The summed E-state index contributed by atoms with van der Waals surface area (Å²) >= 11 is 7.91. The topological polar surface area (TPSA) is 18.5 Å². The zero-order chi connectivity index (χ0) is 22.0. The van der Waals surface area contributed by atoms with Gasteiger partial charge >= 0.3 is 0 Å². The molecule has 0 aliphatic heterocycles. The maximum Gasteiger partial charge on any atom is 0.247 e. The fourth-order valence-corrected chi connectivity index (χ4v) is 8.11. The van der Waals surface area contributed by atoms with E-state index in [9.17, 15) is 0 Å². The highest BCUT2D eigenvalue weighted by Gasteiger charge is 2.25. The van der Waals surface area contributed by atoms with Crippen LogP contribution < -0.4 is 0 Å². The molecule has 0 aliphatic carbocycles. The van der Waals surface area contributed by atoms with Gasteiger partial charge < -0.3 is 9.05 Å². The van der Waals surface area contributed by atoms with Gasteiger partial charge in [-0.15, -0.1) is 0 Å². The minimum Gasteiger partial charge on any atom is -0.321 e. The number of unbranched alkanes of at least 4 members (excludes halogenated alkanes) is 3. The van der Waals surface area contributed by atoms with E-state index < -0.39 is 5.69 Å². The molecule has 3 unspecified atom stereocenters. The molecule has 0 aromatic rings. The Balaban J connectivity index is 4.91. The minimum atomic E-state index is -2.27. The van der Waals surface area contributed by atoms with Crippen molar-refractivity contribution in [2.24, 2.45) is 17.8 Å². The summed E-state index contributed by atoms with van der Waals surface area (Å²) in [6.07, 6.45) is 15.0. The molecule has 0 saturated heterocycles. The first-order chi connectivity index (χ1) is 14.0. The van der Waals surface area contributed by atoms with Crippen LogP contribution >= 0.6 is 17.1 Å². The van der Waals surface area contributed by atoms with E-state index in [2.05, 4.69) is 41.5 Å². The monoisotopic (exact) mass is 466 g/mol. The molecule has 0 spiro atoms. The maximum absolute atomic E-state index is 6.45. The molecule has 5 heteroatoms. The Morgan fingerprint density at radius 3 is 1.38 bits per heavy atom. The van der Waals surface area contributed by atoms with Crippen LogP contribution in [0.15, 0.2) is 0 Å². The molecule has 0 N–H and O–H groups in total. The van der Waals surface area contributed by atoms with Crippen LogP contribution in [0.5, 0.6) is 0 Å². The molecular formula is C24H51O2PS2. The molecule has 0 aromatic heterocycles. The van der Waals surface area contributed by atoms with Crippen LogP contribution in [-0.2, 0) is 20.9 Å². The van der Waals surface area contributed by atoms with Crippen LogP contribution in [0.4, 0.5) is 0 Å². The third kappa shape index (κ3) is 15.4. The molecule has 0 saturated carbocycles. The molecular weight excluding hydrogens is 415 g/mol. The van der Waals surface area contributed by atoms with Gasteiger partial charge in [0.2, 0.25) is 5.69 Å². The lowest BCUT2D eigenvalue weighted by Crippen LogP contribution is -2.12. The minimum absolute atomic E-state index is 0.616. The fourth-order valence-electron chi connectivity index (χ4n) is 3.40. The number of hydrogen-bond acceptors (Lipinski definition) is 4. The highest BCUT2D eigenvalue weighted by Crippen LogP contribution is 2.62. The largest absolute Gasteiger partial charge is 0.321 e. The van der Waals surface area contributed by atoms with Gasteiger partial charge in [-0.2, -0.15) is 0 Å². The third-order valence-corrected chi connectivity index (χ3v) is 11.5. The van der Waals surface area contributed by atoms with E-state index in [4.69, 9.17) is 20.9 Å². The van der Waals surface area contributed by atoms with Crippen molar-refractivity contribution in [2.45, 2.75) is 119 Å². The fraction of sp³-hybridized carbons (Fsp3) is 1.00. The van der Waals surface area contributed by atoms with Crippen LogP contribution in [0.3, 0.4) is 0 Å². The predicted octanol–water partition coefficient (Wildman–Crippen LogP) is 9.63. The number of rotatable bonds is 21. The Morgan fingerprint density at radius 2 is 1.03 bits per heavy atom. The van der Waals surface area contributed by atoms with Crippen molar-refractivity contribution in [3.8, 4) is 0 Å². The summed E-state index contributed by atoms with van der Waals surface area (Å²) in [5.74, 6) is 3.06. The molecule has 0 aromatic carbocycles. The summed E-state index contributed by atoms with van der Waals surface area (Å²) < 4.78 is 12.9. The van der Waals surface area contributed by atoms with Gasteiger partial charge in [-0.05, 0) is 48.8 Å². The predicted molar refractivity (Wildman–Crippen MR) is 139 cm³/mol.